The third-order valence-electron chi connectivity index (χ3n) is 7.02. The monoisotopic (exact) mass is 488 g/mol. The molecule has 0 fully saturated rings. The minimum Gasteiger partial charge on any atom is -0.373 e. The van der Waals surface area contributed by atoms with Crippen LogP contribution in [0.5, 0.6) is 0 Å². The molecule has 2 heterocycles. The summed E-state index contributed by atoms with van der Waals surface area (Å²) < 4.78 is 15.0. The highest BCUT2D eigenvalue weighted by atomic mass is 16.5. The van der Waals surface area contributed by atoms with Crippen molar-refractivity contribution in [2.24, 2.45) is 0 Å². The number of hydrogen-bond acceptors (Lipinski definition) is 1. The Labute approximate surface area is 216 Å². The zero-order valence-electron chi connectivity index (χ0n) is 23.2. The molecule has 5 nitrogen and oxygen atoms in total. The molecule has 35 heavy (non-hydrogen) atoms. The molecule has 0 aliphatic carbocycles. The molecule has 0 saturated carbocycles. The fourth-order valence-corrected chi connectivity index (χ4v) is 4.71. The Kier molecular flexibility index (Phi) is 17.4. The molecular formula is C30H56N4O+2. The van der Waals surface area contributed by atoms with E-state index < -0.39 is 0 Å². The SMILES string of the molecule is CCCCCCCCCC[n+]1ccn(CCOCCn2cc[n+](CCCCCCCCCC)c2)c1. The Morgan fingerprint density at radius 1 is 0.514 bits per heavy atom. The quantitative estimate of drug-likeness (QED) is 0.117. The Hall–Kier alpha value is -1.62. The summed E-state index contributed by atoms with van der Waals surface area (Å²) in [4.78, 5) is 0. The zero-order valence-corrected chi connectivity index (χ0v) is 23.2. The van der Waals surface area contributed by atoms with Gasteiger partial charge in [-0.2, -0.15) is 0 Å². The number of aryl methyl sites for hydroxylation is 2. The van der Waals surface area contributed by atoms with Crippen molar-refractivity contribution in [3.05, 3.63) is 37.4 Å². The number of hydrogen-bond donors (Lipinski definition) is 0. The van der Waals surface area contributed by atoms with E-state index in [0.29, 0.717) is 0 Å². The summed E-state index contributed by atoms with van der Waals surface area (Å²) in [6.45, 7) is 10.2. The van der Waals surface area contributed by atoms with Crippen LogP contribution >= 0.6 is 0 Å². The molecule has 0 saturated heterocycles. The van der Waals surface area contributed by atoms with Crippen molar-refractivity contribution in [2.45, 2.75) is 143 Å². The first-order valence-electron chi connectivity index (χ1n) is 15.0. The van der Waals surface area contributed by atoms with E-state index in [1.807, 2.05) is 0 Å². The van der Waals surface area contributed by atoms with Crippen LogP contribution in [0.15, 0.2) is 37.4 Å². The summed E-state index contributed by atoms with van der Waals surface area (Å²) >= 11 is 0. The zero-order chi connectivity index (χ0) is 24.8. The Balaban J connectivity index is 1.44. The molecule has 0 atom stereocenters. The predicted molar refractivity (Wildman–Crippen MR) is 145 cm³/mol. The third kappa shape index (κ3) is 15.2. The lowest BCUT2D eigenvalue weighted by atomic mass is 10.1. The van der Waals surface area contributed by atoms with E-state index >= 15 is 0 Å². The highest BCUT2D eigenvalue weighted by molar-refractivity contribution is 4.67. The standard InChI is InChI=1S/C30H56N4O/c1-3-5-7-9-11-13-15-17-19-31-21-23-33(29-31)25-27-35-28-26-34-24-22-32(30-34)20-18-16-14-12-10-8-6-4-2/h21-24,29-30H,3-20,25-28H2,1-2H3/q+2. The summed E-state index contributed by atoms with van der Waals surface area (Å²) in [6, 6.07) is 0. The third-order valence-corrected chi connectivity index (χ3v) is 7.02. The number of imidazole rings is 2. The molecule has 2 rings (SSSR count). The van der Waals surface area contributed by atoms with Gasteiger partial charge in [0.2, 0.25) is 12.7 Å². The second-order valence-electron chi connectivity index (χ2n) is 10.3. The first-order chi connectivity index (χ1) is 17.3. The number of ether oxygens (including phenoxy) is 1. The van der Waals surface area contributed by atoms with Gasteiger partial charge < -0.3 is 4.74 Å². The first kappa shape index (κ1) is 29.6. The van der Waals surface area contributed by atoms with E-state index in [4.69, 9.17) is 4.74 Å². The topological polar surface area (TPSA) is 26.8 Å². The molecule has 0 aliphatic rings. The lowest BCUT2D eigenvalue weighted by molar-refractivity contribution is -0.697. The molecule has 2 aromatic heterocycles. The number of aromatic nitrogens is 4. The highest BCUT2D eigenvalue weighted by Crippen LogP contribution is 2.09. The van der Waals surface area contributed by atoms with Crippen LogP contribution in [0.2, 0.25) is 0 Å². The predicted octanol–water partition coefficient (Wildman–Crippen LogP) is 6.86. The molecule has 0 unspecified atom stereocenters. The fraction of sp³-hybridized carbons (Fsp3) is 0.800. The van der Waals surface area contributed by atoms with Gasteiger partial charge in [-0.05, 0) is 25.7 Å². The van der Waals surface area contributed by atoms with E-state index in [9.17, 15) is 0 Å². The summed E-state index contributed by atoms with van der Waals surface area (Å²) in [5, 5.41) is 0. The van der Waals surface area contributed by atoms with Crippen LogP contribution in [-0.2, 0) is 30.9 Å². The van der Waals surface area contributed by atoms with Gasteiger partial charge in [0.15, 0.2) is 0 Å². The second kappa shape index (κ2) is 20.6. The van der Waals surface area contributed by atoms with Crippen molar-refractivity contribution in [1.82, 2.24) is 9.13 Å². The summed E-state index contributed by atoms with van der Waals surface area (Å²) in [7, 11) is 0. The van der Waals surface area contributed by atoms with Crippen molar-refractivity contribution in [2.75, 3.05) is 13.2 Å². The summed E-state index contributed by atoms with van der Waals surface area (Å²) in [5.41, 5.74) is 0. The normalized spacial score (nSPS) is 11.5. The Morgan fingerprint density at radius 3 is 1.29 bits per heavy atom. The smallest absolute Gasteiger partial charge is 0.243 e. The van der Waals surface area contributed by atoms with Crippen LogP contribution in [0, 0.1) is 0 Å². The lowest BCUT2D eigenvalue weighted by Gasteiger charge is -2.01. The number of nitrogens with zero attached hydrogens (tertiary/aromatic N) is 4. The van der Waals surface area contributed by atoms with Crippen molar-refractivity contribution in [3.63, 3.8) is 0 Å². The Morgan fingerprint density at radius 2 is 0.886 bits per heavy atom. The average Bonchev–Trinajstić information content (AvgIpc) is 3.52. The van der Waals surface area contributed by atoms with Crippen molar-refractivity contribution >= 4 is 0 Å². The van der Waals surface area contributed by atoms with Crippen LogP contribution in [0.4, 0.5) is 0 Å². The molecule has 5 heteroatoms. The van der Waals surface area contributed by atoms with Crippen molar-refractivity contribution < 1.29 is 13.9 Å². The highest BCUT2D eigenvalue weighted by Gasteiger charge is 2.06. The molecule has 0 N–H and O–H groups in total. The molecular weight excluding hydrogens is 432 g/mol. The lowest BCUT2D eigenvalue weighted by Crippen LogP contribution is -2.31. The maximum absolute atomic E-state index is 5.91. The minimum atomic E-state index is 0.770. The average molecular weight is 489 g/mol. The van der Waals surface area contributed by atoms with Gasteiger partial charge in [0.25, 0.3) is 0 Å². The number of unbranched alkanes of at least 4 members (excludes halogenated alkanes) is 14. The van der Waals surface area contributed by atoms with Gasteiger partial charge >= 0.3 is 0 Å². The van der Waals surface area contributed by atoms with Gasteiger partial charge in [-0.1, -0.05) is 90.9 Å². The molecule has 200 valence electrons. The van der Waals surface area contributed by atoms with E-state index in [1.54, 1.807) is 0 Å². The van der Waals surface area contributed by atoms with Crippen molar-refractivity contribution in [1.29, 1.82) is 0 Å². The van der Waals surface area contributed by atoms with Gasteiger partial charge in [0.05, 0.1) is 26.3 Å². The minimum absolute atomic E-state index is 0.770. The second-order valence-corrected chi connectivity index (χ2v) is 10.3. The van der Waals surface area contributed by atoms with Crippen LogP contribution < -0.4 is 9.13 Å². The molecule has 0 amide bonds. The molecule has 0 aliphatic heterocycles. The largest absolute Gasteiger partial charge is 0.373 e. The van der Waals surface area contributed by atoms with Gasteiger partial charge in [-0.25, -0.2) is 18.3 Å². The van der Waals surface area contributed by atoms with E-state index in [2.05, 4.69) is 69.6 Å². The first-order valence-corrected chi connectivity index (χ1v) is 15.0. The Bertz CT molecular complexity index is 663. The molecule has 0 radical (unpaired) electrons. The van der Waals surface area contributed by atoms with Gasteiger partial charge in [-0.3, -0.25) is 0 Å². The van der Waals surface area contributed by atoms with Gasteiger partial charge in [-0.15, -0.1) is 0 Å². The maximum Gasteiger partial charge on any atom is 0.243 e. The van der Waals surface area contributed by atoms with E-state index in [1.165, 1.54) is 103 Å². The molecule has 2 aromatic rings. The summed E-state index contributed by atoms with van der Waals surface area (Å²) in [5.74, 6) is 0. The van der Waals surface area contributed by atoms with Crippen LogP contribution in [0.25, 0.3) is 0 Å². The maximum atomic E-state index is 5.91. The van der Waals surface area contributed by atoms with Gasteiger partial charge in [0, 0.05) is 0 Å². The fourth-order valence-electron chi connectivity index (χ4n) is 4.71. The van der Waals surface area contributed by atoms with Crippen LogP contribution in [0.1, 0.15) is 117 Å². The molecule has 0 aromatic carbocycles. The van der Waals surface area contributed by atoms with Crippen molar-refractivity contribution in [3.8, 4) is 0 Å². The van der Waals surface area contributed by atoms with Crippen LogP contribution in [0.3, 0.4) is 0 Å². The molecule has 0 spiro atoms. The number of rotatable bonds is 24. The van der Waals surface area contributed by atoms with E-state index in [-0.39, 0.29) is 0 Å². The molecule has 0 bridgehead atoms. The van der Waals surface area contributed by atoms with E-state index in [0.717, 1.165) is 39.4 Å². The van der Waals surface area contributed by atoms with Crippen LogP contribution in [-0.4, -0.2) is 22.3 Å². The van der Waals surface area contributed by atoms with Gasteiger partial charge in [0.1, 0.15) is 37.9 Å². The summed E-state index contributed by atoms with van der Waals surface area (Å²) in [6.07, 6.45) is 35.2.